The molecule has 0 fully saturated rings. The van der Waals surface area contributed by atoms with E-state index >= 15 is 0 Å². The Morgan fingerprint density at radius 1 is 1.11 bits per heavy atom. The van der Waals surface area contributed by atoms with Crippen LogP contribution in [0.1, 0.15) is 25.5 Å². The molecule has 2 aromatic carbocycles. The fourth-order valence-corrected chi connectivity index (χ4v) is 2.20. The minimum atomic E-state index is -0.536. The maximum absolute atomic E-state index is 13.0. The second-order valence-electron chi connectivity index (χ2n) is 4.46. The molecule has 0 radical (unpaired) electrons. The molecule has 0 bridgehead atoms. The molecule has 0 heterocycles. The van der Waals surface area contributed by atoms with E-state index in [1.54, 1.807) is 19.1 Å². The van der Waals surface area contributed by atoms with Crippen LogP contribution in [-0.4, -0.2) is 11.7 Å². The van der Waals surface area contributed by atoms with Crippen molar-refractivity contribution in [1.29, 1.82) is 0 Å². The number of nitrogens with zero attached hydrogens (tertiary/aromatic N) is 1. The highest BCUT2D eigenvalue weighted by atomic mass is 19.1. The summed E-state index contributed by atoms with van der Waals surface area (Å²) in [5.74, 6) is -0.247. The lowest BCUT2D eigenvalue weighted by molar-refractivity contribution is 0.200. The Kier molecular flexibility index (Phi) is 4.17. The van der Waals surface area contributed by atoms with Gasteiger partial charge in [0.25, 0.3) is 0 Å². The third-order valence-corrected chi connectivity index (χ3v) is 3.13. The molecule has 1 atom stereocenters. The third-order valence-electron chi connectivity index (χ3n) is 3.13. The average Bonchev–Trinajstić information content (AvgIpc) is 2.42. The standard InChI is InChI=1S/C16H18FNO/c1-3-18(14-10-8-13(17)9-11-14)16-7-5-4-6-15(16)12(2)19/h4-12,19H,3H2,1-2H3. The number of hydrogen-bond donors (Lipinski definition) is 1. The highest BCUT2D eigenvalue weighted by Crippen LogP contribution is 2.31. The fourth-order valence-electron chi connectivity index (χ4n) is 2.20. The monoisotopic (exact) mass is 259 g/mol. The topological polar surface area (TPSA) is 23.5 Å². The normalized spacial score (nSPS) is 12.2. The van der Waals surface area contributed by atoms with Crippen molar-refractivity contribution in [1.82, 2.24) is 0 Å². The van der Waals surface area contributed by atoms with Gasteiger partial charge >= 0.3 is 0 Å². The molecular formula is C16H18FNO. The fraction of sp³-hybridized carbons (Fsp3) is 0.250. The largest absolute Gasteiger partial charge is 0.389 e. The molecule has 3 heteroatoms. The summed E-state index contributed by atoms with van der Waals surface area (Å²) in [6.07, 6.45) is -0.536. The van der Waals surface area contributed by atoms with Gasteiger partial charge in [0.2, 0.25) is 0 Å². The quantitative estimate of drug-likeness (QED) is 0.895. The molecule has 0 aliphatic heterocycles. The van der Waals surface area contributed by atoms with Gasteiger partial charge in [-0.2, -0.15) is 0 Å². The molecule has 0 saturated carbocycles. The molecule has 19 heavy (non-hydrogen) atoms. The van der Waals surface area contributed by atoms with Gasteiger partial charge in [0.1, 0.15) is 5.82 Å². The molecule has 1 unspecified atom stereocenters. The Balaban J connectivity index is 2.45. The highest BCUT2D eigenvalue weighted by molar-refractivity contribution is 5.66. The van der Waals surface area contributed by atoms with E-state index in [2.05, 4.69) is 4.90 Å². The van der Waals surface area contributed by atoms with Gasteiger partial charge in [-0.1, -0.05) is 18.2 Å². The van der Waals surface area contributed by atoms with Gasteiger partial charge in [0, 0.05) is 23.5 Å². The van der Waals surface area contributed by atoms with E-state index in [1.165, 1.54) is 12.1 Å². The van der Waals surface area contributed by atoms with Crippen LogP contribution in [-0.2, 0) is 0 Å². The molecular weight excluding hydrogens is 241 g/mol. The summed E-state index contributed by atoms with van der Waals surface area (Å²) >= 11 is 0. The maximum Gasteiger partial charge on any atom is 0.123 e. The van der Waals surface area contributed by atoms with E-state index in [-0.39, 0.29) is 5.82 Å². The highest BCUT2D eigenvalue weighted by Gasteiger charge is 2.14. The van der Waals surface area contributed by atoms with Gasteiger partial charge < -0.3 is 10.0 Å². The molecule has 1 N–H and O–H groups in total. The zero-order chi connectivity index (χ0) is 13.8. The van der Waals surface area contributed by atoms with Crippen LogP contribution < -0.4 is 4.90 Å². The van der Waals surface area contributed by atoms with Crippen LogP contribution in [0.5, 0.6) is 0 Å². The van der Waals surface area contributed by atoms with Crippen LogP contribution >= 0.6 is 0 Å². The number of hydrogen-bond acceptors (Lipinski definition) is 2. The van der Waals surface area contributed by atoms with Gasteiger partial charge in [-0.25, -0.2) is 4.39 Å². The summed E-state index contributed by atoms with van der Waals surface area (Å²) in [5.41, 5.74) is 2.73. The second kappa shape index (κ2) is 5.85. The van der Waals surface area contributed by atoms with Gasteiger partial charge in [-0.05, 0) is 44.2 Å². The SMILES string of the molecule is CCN(c1ccc(F)cc1)c1ccccc1C(C)O. The van der Waals surface area contributed by atoms with Crippen molar-refractivity contribution < 1.29 is 9.50 Å². The van der Waals surface area contributed by atoms with Crippen LogP contribution in [0.2, 0.25) is 0 Å². The van der Waals surface area contributed by atoms with Gasteiger partial charge in [-0.15, -0.1) is 0 Å². The first-order valence-electron chi connectivity index (χ1n) is 6.43. The number of para-hydroxylation sites is 1. The summed E-state index contributed by atoms with van der Waals surface area (Å²) < 4.78 is 13.0. The number of benzene rings is 2. The average molecular weight is 259 g/mol. The zero-order valence-corrected chi connectivity index (χ0v) is 11.2. The van der Waals surface area contributed by atoms with Crippen LogP contribution in [0, 0.1) is 5.82 Å². The predicted octanol–water partition coefficient (Wildman–Crippen LogP) is 4.04. The van der Waals surface area contributed by atoms with E-state index in [1.807, 2.05) is 31.2 Å². The first-order valence-corrected chi connectivity index (χ1v) is 6.43. The number of aliphatic hydroxyl groups is 1. The van der Waals surface area contributed by atoms with Gasteiger partial charge in [0.15, 0.2) is 0 Å². The Morgan fingerprint density at radius 2 is 1.74 bits per heavy atom. The van der Waals surface area contributed by atoms with Crippen LogP contribution in [0.25, 0.3) is 0 Å². The lowest BCUT2D eigenvalue weighted by Crippen LogP contribution is -2.18. The Morgan fingerprint density at radius 3 is 2.32 bits per heavy atom. The third kappa shape index (κ3) is 2.93. The van der Waals surface area contributed by atoms with Crippen LogP contribution in [0.3, 0.4) is 0 Å². The molecule has 0 saturated heterocycles. The van der Waals surface area contributed by atoms with Gasteiger partial charge in [0.05, 0.1) is 6.10 Å². The second-order valence-corrected chi connectivity index (χ2v) is 4.46. The van der Waals surface area contributed by atoms with E-state index in [0.717, 1.165) is 23.5 Å². The van der Waals surface area contributed by atoms with E-state index in [0.29, 0.717) is 0 Å². The molecule has 2 nitrogen and oxygen atoms in total. The van der Waals surface area contributed by atoms with Gasteiger partial charge in [-0.3, -0.25) is 0 Å². The molecule has 0 spiro atoms. The summed E-state index contributed by atoms with van der Waals surface area (Å²) in [6.45, 7) is 4.52. The number of halogens is 1. The van der Waals surface area contributed by atoms with E-state index in [4.69, 9.17) is 0 Å². The van der Waals surface area contributed by atoms with Crippen molar-refractivity contribution in [2.45, 2.75) is 20.0 Å². The Bertz CT molecular complexity index is 537. The summed E-state index contributed by atoms with van der Waals surface area (Å²) in [4.78, 5) is 2.06. The Hall–Kier alpha value is -1.87. The van der Waals surface area contributed by atoms with Crippen molar-refractivity contribution in [3.8, 4) is 0 Å². The lowest BCUT2D eigenvalue weighted by atomic mass is 10.1. The molecule has 2 rings (SSSR count). The predicted molar refractivity (Wildman–Crippen MR) is 76.2 cm³/mol. The summed E-state index contributed by atoms with van der Waals surface area (Å²) in [7, 11) is 0. The lowest BCUT2D eigenvalue weighted by Gasteiger charge is -2.26. The minimum Gasteiger partial charge on any atom is -0.389 e. The molecule has 100 valence electrons. The molecule has 0 aromatic heterocycles. The van der Waals surface area contributed by atoms with E-state index in [9.17, 15) is 9.50 Å². The van der Waals surface area contributed by atoms with E-state index < -0.39 is 6.10 Å². The van der Waals surface area contributed by atoms with Crippen molar-refractivity contribution in [2.24, 2.45) is 0 Å². The zero-order valence-electron chi connectivity index (χ0n) is 11.2. The van der Waals surface area contributed by atoms with Crippen molar-refractivity contribution >= 4 is 11.4 Å². The molecule has 0 amide bonds. The Labute approximate surface area is 113 Å². The maximum atomic E-state index is 13.0. The van der Waals surface area contributed by atoms with Crippen LogP contribution in [0.4, 0.5) is 15.8 Å². The first-order chi connectivity index (χ1) is 9.13. The number of aliphatic hydroxyl groups excluding tert-OH is 1. The van der Waals surface area contributed by atoms with Crippen molar-refractivity contribution in [2.75, 3.05) is 11.4 Å². The molecule has 0 aliphatic rings. The number of anilines is 2. The number of rotatable bonds is 4. The first kappa shape index (κ1) is 13.6. The minimum absolute atomic E-state index is 0.247. The van der Waals surface area contributed by atoms with Crippen molar-refractivity contribution in [3.05, 3.63) is 59.9 Å². The smallest absolute Gasteiger partial charge is 0.123 e. The molecule has 0 aliphatic carbocycles. The van der Waals surface area contributed by atoms with Crippen LogP contribution in [0.15, 0.2) is 48.5 Å². The van der Waals surface area contributed by atoms with Crippen molar-refractivity contribution in [3.63, 3.8) is 0 Å². The molecule has 2 aromatic rings. The summed E-state index contributed by atoms with van der Waals surface area (Å²) in [5, 5.41) is 9.85. The summed E-state index contributed by atoms with van der Waals surface area (Å²) in [6, 6.07) is 14.1.